The third-order valence-corrected chi connectivity index (χ3v) is 4.44. The molecule has 4 heteroatoms. The Morgan fingerprint density at radius 3 is 2.14 bits per heavy atom. The van der Waals surface area contributed by atoms with E-state index in [-0.39, 0.29) is 6.61 Å². The molecule has 0 aromatic heterocycles. The van der Waals surface area contributed by atoms with Crippen LogP contribution >= 0.6 is 11.8 Å². The van der Waals surface area contributed by atoms with Crippen molar-refractivity contribution in [1.29, 1.82) is 0 Å². The van der Waals surface area contributed by atoms with Gasteiger partial charge in [-0.15, -0.1) is 11.8 Å². The van der Waals surface area contributed by atoms with Crippen LogP contribution in [0, 0.1) is 0 Å². The SMILES string of the molecule is CC(C(=O)O)c1ccc(CSc2ccc(CO)cc2)cc1. The van der Waals surface area contributed by atoms with E-state index in [1.54, 1.807) is 18.7 Å². The fourth-order valence-electron chi connectivity index (χ4n) is 1.90. The van der Waals surface area contributed by atoms with E-state index in [0.29, 0.717) is 0 Å². The van der Waals surface area contributed by atoms with Gasteiger partial charge in [-0.05, 0) is 35.7 Å². The Hall–Kier alpha value is -1.78. The molecule has 3 nitrogen and oxygen atoms in total. The van der Waals surface area contributed by atoms with Crippen LogP contribution in [0.1, 0.15) is 29.5 Å². The molecule has 0 fully saturated rings. The molecule has 21 heavy (non-hydrogen) atoms. The predicted octanol–water partition coefficient (Wildman–Crippen LogP) is 3.66. The van der Waals surface area contributed by atoms with Crippen LogP contribution in [0.4, 0.5) is 0 Å². The fourth-order valence-corrected chi connectivity index (χ4v) is 2.76. The Kier molecular flexibility index (Phi) is 5.42. The molecule has 0 spiro atoms. The van der Waals surface area contributed by atoms with E-state index in [4.69, 9.17) is 10.2 Å². The molecule has 2 rings (SSSR count). The summed E-state index contributed by atoms with van der Waals surface area (Å²) in [5.74, 6) is -0.445. The zero-order valence-electron chi connectivity index (χ0n) is 11.8. The lowest BCUT2D eigenvalue weighted by Gasteiger charge is -2.08. The molecule has 0 saturated heterocycles. The molecule has 0 aliphatic rings. The van der Waals surface area contributed by atoms with Gasteiger partial charge in [-0.25, -0.2) is 0 Å². The maximum absolute atomic E-state index is 10.9. The zero-order valence-corrected chi connectivity index (χ0v) is 12.6. The van der Waals surface area contributed by atoms with Crippen LogP contribution in [0.5, 0.6) is 0 Å². The minimum atomic E-state index is -0.805. The van der Waals surface area contributed by atoms with E-state index >= 15 is 0 Å². The highest BCUT2D eigenvalue weighted by molar-refractivity contribution is 7.98. The highest BCUT2D eigenvalue weighted by Gasteiger charge is 2.12. The van der Waals surface area contributed by atoms with Crippen LogP contribution in [0.25, 0.3) is 0 Å². The summed E-state index contributed by atoms with van der Waals surface area (Å²) in [6, 6.07) is 15.5. The van der Waals surface area contributed by atoms with Crippen molar-refractivity contribution in [3.8, 4) is 0 Å². The van der Waals surface area contributed by atoms with Gasteiger partial charge >= 0.3 is 5.97 Å². The summed E-state index contributed by atoms with van der Waals surface area (Å²) in [6.45, 7) is 1.75. The van der Waals surface area contributed by atoms with Gasteiger partial charge in [-0.1, -0.05) is 36.4 Å². The smallest absolute Gasteiger partial charge is 0.310 e. The minimum absolute atomic E-state index is 0.0637. The maximum Gasteiger partial charge on any atom is 0.310 e. The number of rotatable bonds is 6. The van der Waals surface area contributed by atoms with Crippen molar-refractivity contribution < 1.29 is 15.0 Å². The van der Waals surface area contributed by atoms with Gasteiger partial charge in [-0.2, -0.15) is 0 Å². The van der Waals surface area contributed by atoms with Crippen LogP contribution in [0.15, 0.2) is 53.4 Å². The van der Waals surface area contributed by atoms with Gasteiger partial charge in [0.25, 0.3) is 0 Å². The molecule has 0 amide bonds. The van der Waals surface area contributed by atoms with Crippen molar-refractivity contribution in [3.05, 3.63) is 65.2 Å². The maximum atomic E-state index is 10.9. The number of carbonyl (C=O) groups is 1. The number of benzene rings is 2. The molecule has 0 bridgehead atoms. The summed E-state index contributed by atoms with van der Waals surface area (Å²) in [7, 11) is 0. The highest BCUT2D eigenvalue weighted by atomic mass is 32.2. The molecule has 0 heterocycles. The highest BCUT2D eigenvalue weighted by Crippen LogP contribution is 2.24. The van der Waals surface area contributed by atoms with Crippen LogP contribution in [0.2, 0.25) is 0 Å². The van der Waals surface area contributed by atoms with Gasteiger partial charge in [0.2, 0.25) is 0 Å². The Balaban J connectivity index is 1.95. The summed E-state index contributed by atoms with van der Waals surface area (Å²) in [5, 5.41) is 18.0. The number of hydrogen-bond donors (Lipinski definition) is 2. The first-order valence-electron chi connectivity index (χ1n) is 6.74. The van der Waals surface area contributed by atoms with Crippen LogP contribution in [-0.2, 0) is 17.2 Å². The van der Waals surface area contributed by atoms with E-state index in [0.717, 1.165) is 27.3 Å². The van der Waals surface area contributed by atoms with Gasteiger partial charge in [0.1, 0.15) is 0 Å². The van der Waals surface area contributed by atoms with Crippen molar-refractivity contribution in [3.63, 3.8) is 0 Å². The topological polar surface area (TPSA) is 57.5 Å². The van der Waals surface area contributed by atoms with Crippen LogP contribution in [0.3, 0.4) is 0 Å². The lowest BCUT2D eigenvalue weighted by molar-refractivity contribution is -0.138. The zero-order chi connectivity index (χ0) is 15.2. The molecule has 2 N–H and O–H groups in total. The number of carboxylic acid groups (broad SMARTS) is 1. The quantitative estimate of drug-likeness (QED) is 0.800. The Morgan fingerprint density at radius 1 is 1.05 bits per heavy atom. The van der Waals surface area contributed by atoms with E-state index in [9.17, 15) is 4.79 Å². The number of thioether (sulfide) groups is 1. The van der Waals surface area contributed by atoms with E-state index in [1.165, 1.54) is 0 Å². The monoisotopic (exact) mass is 302 g/mol. The second-order valence-corrected chi connectivity index (χ2v) is 5.94. The minimum Gasteiger partial charge on any atom is -0.481 e. The standard InChI is InChI=1S/C17H18O3S/c1-12(17(19)20)15-6-2-14(3-7-15)11-21-16-8-4-13(10-18)5-9-16/h2-9,12,18H,10-11H2,1H3,(H,19,20). The number of carboxylic acids is 1. The van der Waals surface area contributed by atoms with Crippen molar-refractivity contribution in [1.82, 2.24) is 0 Å². The molecule has 1 atom stereocenters. The molecule has 0 aliphatic heterocycles. The third-order valence-electron chi connectivity index (χ3n) is 3.36. The van der Waals surface area contributed by atoms with Gasteiger partial charge < -0.3 is 10.2 Å². The van der Waals surface area contributed by atoms with Crippen molar-refractivity contribution >= 4 is 17.7 Å². The number of aliphatic carboxylic acids is 1. The molecule has 110 valence electrons. The number of hydrogen-bond acceptors (Lipinski definition) is 3. The van der Waals surface area contributed by atoms with Crippen molar-refractivity contribution in [2.45, 2.75) is 30.1 Å². The lowest BCUT2D eigenvalue weighted by Crippen LogP contribution is -2.07. The first-order valence-corrected chi connectivity index (χ1v) is 7.73. The number of aliphatic hydroxyl groups is 1. The van der Waals surface area contributed by atoms with Crippen LogP contribution < -0.4 is 0 Å². The first-order chi connectivity index (χ1) is 10.1. The Labute approximate surface area is 128 Å². The van der Waals surface area contributed by atoms with E-state index in [1.807, 2.05) is 48.5 Å². The molecule has 0 radical (unpaired) electrons. The molecule has 0 aliphatic carbocycles. The average Bonchev–Trinajstić information content (AvgIpc) is 2.53. The fraction of sp³-hybridized carbons (Fsp3) is 0.235. The summed E-state index contributed by atoms with van der Waals surface area (Å²) in [6.07, 6.45) is 0. The Bertz CT molecular complexity index is 590. The second kappa shape index (κ2) is 7.29. The molecular weight excluding hydrogens is 284 g/mol. The van der Waals surface area contributed by atoms with E-state index in [2.05, 4.69) is 0 Å². The van der Waals surface area contributed by atoms with Crippen molar-refractivity contribution in [2.75, 3.05) is 0 Å². The summed E-state index contributed by atoms with van der Waals surface area (Å²) >= 11 is 1.72. The van der Waals surface area contributed by atoms with Crippen molar-refractivity contribution in [2.24, 2.45) is 0 Å². The third kappa shape index (κ3) is 4.34. The van der Waals surface area contributed by atoms with Gasteiger partial charge in [0.05, 0.1) is 12.5 Å². The van der Waals surface area contributed by atoms with Crippen LogP contribution in [-0.4, -0.2) is 16.2 Å². The number of aliphatic hydroxyl groups excluding tert-OH is 1. The summed E-state index contributed by atoms with van der Waals surface area (Å²) < 4.78 is 0. The first kappa shape index (κ1) is 15.6. The van der Waals surface area contributed by atoms with Gasteiger partial charge in [0, 0.05) is 10.6 Å². The predicted molar refractivity (Wildman–Crippen MR) is 84.4 cm³/mol. The summed E-state index contributed by atoms with van der Waals surface area (Å²) in [4.78, 5) is 12.1. The van der Waals surface area contributed by atoms with E-state index < -0.39 is 11.9 Å². The van der Waals surface area contributed by atoms with Gasteiger partial charge in [-0.3, -0.25) is 4.79 Å². The molecule has 1 unspecified atom stereocenters. The normalized spacial score (nSPS) is 12.1. The molecule has 0 saturated carbocycles. The summed E-state index contributed by atoms with van der Waals surface area (Å²) in [5.41, 5.74) is 2.89. The second-order valence-electron chi connectivity index (χ2n) is 4.89. The molecule has 2 aromatic carbocycles. The Morgan fingerprint density at radius 2 is 1.62 bits per heavy atom. The molecule has 2 aromatic rings. The molecular formula is C17H18O3S. The lowest BCUT2D eigenvalue weighted by atomic mass is 10.0. The average molecular weight is 302 g/mol. The van der Waals surface area contributed by atoms with Gasteiger partial charge in [0.15, 0.2) is 0 Å². The largest absolute Gasteiger partial charge is 0.481 e.